The topological polar surface area (TPSA) is 32.8 Å². The molecule has 2 saturated heterocycles. The van der Waals surface area contributed by atoms with Crippen LogP contribution in [-0.2, 0) is 4.79 Å². The zero-order valence-corrected chi connectivity index (χ0v) is 14.3. The molecule has 3 rings (SSSR count). The summed E-state index contributed by atoms with van der Waals surface area (Å²) >= 11 is 0. The van der Waals surface area contributed by atoms with Gasteiger partial charge in [-0.1, -0.05) is 12.1 Å². The van der Waals surface area contributed by atoms with Crippen molar-refractivity contribution >= 4 is 5.91 Å². The minimum atomic E-state index is 0.303. The Balaban J connectivity index is 1.65. The third-order valence-corrected chi connectivity index (χ3v) is 5.33. The minimum absolute atomic E-state index is 0.303. The van der Waals surface area contributed by atoms with Gasteiger partial charge in [0.25, 0.3) is 0 Å². The highest BCUT2D eigenvalue weighted by Gasteiger charge is 2.30. The molecule has 1 aromatic rings. The molecule has 1 amide bonds. The van der Waals surface area contributed by atoms with Crippen molar-refractivity contribution in [1.29, 1.82) is 0 Å². The maximum absolute atomic E-state index is 12.7. The smallest absolute Gasteiger partial charge is 0.237 e. The maximum Gasteiger partial charge on any atom is 0.237 e. The first-order valence-electron chi connectivity index (χ1n) is 8.86. The van der Waals surface area contributed by atoms with Crippen LogP contribution >= 0.6 is 0 Å². The summed E-state index contributed by atoms with van der Waals surface area (Å²) in [5.74, 6) is 1.19. The molecule has 2 heterocycles. The third-order valence-electron chi connectivity index (χ3n) is 5.33. The molecule has 4 nitrogen and oxygen atoms in total. The van der Waals surface area contributed by atoms with Crippen LogP contribution in [0.1, 0.15) is 50.6 Å². The molecule has 0 N–H and O–H groups in total. The van der Waals surface area contributed by atoms with Gasteiger partial charge in [-0.15, -0.1) is 0 Å². The second kappa shape index (κ2) is 7.35. The van der Waals surface area contributed by atoms with Crippen LogP contribution in [0.25, 0.3) is 0 Å². The van der Waals surface area contributed by atoms with E-state index in [1.54, 1.807) is 7.11 Å². The van der Waals surface area contributed by atoms with Gasteiger partial charge < -0.3 is 9.64 Å². The molecule has 0 saturated carbocycles. The molecule has 23 heavy (non-hydrogen) atoms. The maximum atomic E-state index is 12.7. The van der Waals surface area contributed by atoms with Gasteiger partial charge in [-0.3, -0.25) is 9.69 Å². The van der Waals surface area contributed by atoms with Crippen molar-refractivity contribution in [2.75, 3.05) is 26.7 Å². The Bertz CT molecular complexity index is 529. The summed E-state index contributed by atoms with van der Waals surface area (Å²) in [6.45, 7) is 4.69. The van der Waals surface area contributed by atoms with Crippen LogP contribution in [0.5, 0.6) is 5.75 Å². The fourth-order valence-corrected chi connectivity index (χ4v) is 3.95. The summed E-state index contributed by atoms with van der Waals surface area (Å²) in [5.41, 5.74) is 1.29. The van der Waals surface area contributed by atoms with Crippen LogP contribution < -0.4 is 4.74 Å². The highest BCUT2D eigenvalue weighted by molar-refractivity contribution is 5.78. The summed E-state index contributed by atoms with van der Waals surface area (Å²) in [4.78, 5) is 17.1. The number of piperidine rings is 1. The Morgan fingerprint density at radius 3 is 2.61 bits per heavy atom. The van der Waals surface area contributed by atoms with Gasteiger partial charge in [-0.2, -0.15) is 0 Å². The Morgan fingerprint density at radius 2 is 1.91 bits per heavy atom. The van der Waals surface area contributed by atoms with E-state index in [1.165, 1.54) is 18.4 Å². The Hall–Kier alpha value is -1.55. The lowest BCUT2D eigenvalue weighted by atomic mass is 10.0. The monoisotopic (exact) mass is 316 g/mol. The average molecular weight is 316 g/mol. The molecule has 2 unspecified atom stereocenters. The van der Waals surface area contributed by atoms with E-state index in [1.807, 2.05) is 12.1 Å². The van der Waals surface area contributed by atoms with Crippen LogP contribution in [0, 0.1) is 0 Å². The van der Waals surface area contributed by atoms with Gasteiger partial charge in [-0.25, -0.2) is 0 Å². The molecule has 1 aromatic carbocycles. The Kier molecular flexibility index (Phi) is 5.21. The van der Waals surface area contributed by atoms with Crippen molar-refractivity contribution in [2.24, 2.45) is 0 Å². The van der Waals surface area contributed by atoms with E-state index >= 15 is 0 Å². The lowest BCUT2D eigenvalue weighted by Gasteiger charge is -2.35. The molecule has 2 aliphatic heterocycles. The van der Waals surface area contributed by atoms with E-state index in [0.717, 1.165) is 38.1 Å². The van der Waals surface area contributed by atoms with Crippen molar-refractivity contribution < 1.29 is 9.53 Å². The van der Waals surface area contributed by atoms with Gasteiger partial charge in [0, 0.05) is 18.6 Å². The van der Waals surface area contributed by atoms with Gasteiger partial charge >= 0.3 is 0 Å². The largest absolute Gasteiger partial charge is 0.497 e. The lowest BCUT2D eigenvalue weighted by molar-refractivity contribution is -0.135. The predicted octanol–water partition coefficient (Wildman–Crippen LogP) is 3.23. The van der Waals surface area contributed by atoms with Crippen LogP contribution in [0.15, 0.2) is 24.3 Å². The molecule has 126 valence electrons. The highest BCUT2D eigenvalue weighted by atomic mass is 16.5. The third kappa shape index (κ3) is 3.69. The minimum Gasteiger partial charge on any atom is -0.497 e. The molecule has 2 fully saturated rings. The second-order valence-electron chi connectivity index (χ2n) is 6.83. The molecule has 0 radical (unpaired) electrons. The van der Waals surface area contributed by atoms with Gasteiger partial charge in [0.05, 0.1) is 13.7 Å². The van der Waals surface area contributed by atoms with E-state index in [9.17, 15) is 4.79 Å². The van der Waals surface area contributed by atoms with Crippen molar-refractivity contribution in [3.8, 4) is 5.75 Å². The fourth-order valence-electron chi connectivity index (χ4n) is 3.95. The molecular formula is C19H28N2O2. The zero-order valence-electron chi connectivity index (χ0n) is 14.3. The molecule has 2 aliphatic rings. The Labute approximate surface area is 139 Å². The molecule has 0 aliphatic carbocycles. The summed E-state index contributed by atoms with van der Waals surface area (Å²) in [7, 11) is 1.69. The molecule has 0 aromatic heterocycles. The highest BCUT2D eigenvalue weighted by Crippen LogP contribution is 2.32. The van der Waals surface area contributed by atoms with Crippen molar-refractivity contribution in [3.63, 3.8) is 0 Å². The number of carbonyl (C=O) groups is 1. The summed E-state index contributed by atoms with van der Waals surface area (Å²) in [6.07, 6.45) is 5.85. The number of ether oxygens (including phenoxy) is 1. The number of rotatable bonds is 4. The SMILES string of the molecule is COc1ccc(C2CCCN2CC(=O)N2CCCCC2C)cc1. The number of hydrogen-bond acceptors (Lipinski definition) is 3. The second-order valence-corrected chi connectivity index (χ2v) is 6.83. The number of likely N-dealkylation sites (tertiary alicyclic amines) is 2. The van der Waals surface area contributed by atoms with Gasteiger partial charge in [0.2, 0.25) is 5.91 Å². The average Bonchev–Trinajstić information content (AvgIpc) is 3.03. The van der Waals surface area contributed by atoms with E-state index in [-0.39, 0.29) is 0 Å². The van der Waals surface area contributed by atoms with E-state index in [0.29, 0.717) is 24.5 Å². The fraction of sp³-hybridized carbons (Fsp3) is 0.632. The molecule has 4 heteroatoms. The van der Waals surface area contributed by atoms with Crippen molar-refractivity contribution in [1.82, 2.24) is 9.80 Å². The number of methoxy groups -OCH3 is 1. The number of amides is 1. The quantitative estimate of drug-likeness (QED) is 0.855. The molecule has 2 atom stereocenters. The van der Waals surface area contributed by atoms with Gasteiger partial charge in [0.15, 0.2) is 0 Å². The van der Waals surface area contributed by atoms with Crippen LogP contribution in [-0.4, -0.2) is 48.5 Å². The summed E-state index contributed by atoms with van der Waals surface area (Å²) in [6, 6.07) is 9.06. The van der Waals surface area contributed by atoms with Gasteiger partial charge in [-0.05, 0) is 63.3 Å². The first-order chi connectivity index (χ1) is 11.2. The van der Waals surface area contributed by atoms with E-state index < -0.39 is 0 Å². The number of nitrogens with zero attached hydrogens (tertiary/aromatic N) is 2. The first kappa shape index (κ1) is 16.3. The number of hydrogen-bond donors (Lipinski definition) is 0. The van der Waals surface area contributed by atoms with E-state index in [2.05, 4.69) is 28.9 Å². The van der Waals surface area contributed by atoms with Crippen molar-refractivity contribution in [2.45, 2.75) is 51.1 Å². The standard InChI is InChI=1S/C19H28N2O2/c1-15-6-3-4-13-21(15)19(22)14-20-12-5-7-18(20)16-8-10-17(23-2)11-9-16/h8-11,15,18H,3-7,12-14H2,1-2H3. The van der Waals surface area contributed by atoms with E-state index in [4.69, 9.17) is 4.74 Å². The first-order valence-corrected chi connectivity index (χ1v) is 8.86. The van der Waals surface area contributed by atoms with Gasteiger partial charge in [0.1, 0.15) is 5.75 Å². The predicted molar refractivity (Wildman–Crippen MR) is 91.6 cm³/mol. The zero-order chi connectivity index (χ0) is 16.2. The lowest BCUT2D eigenvalue weighted by Crippen LogP contribution is -2.46. The summed E-state index contributed by atoms with van der Waals surface area (Å²) in [5, 5.41) is 0. The number of carbonyl (C=O) groups excluding carboxylic acids is 1. The normalized spacial score (nSPS) is 25.6. The van der Waals surface area contributed by atoms with Crippen LogP contribution in [0.3, 0.4) is 0 Å². The Morgan fingerprint density at radius 1 is 1.13 bits per heavy atom. The molecule has 0 bridgehead atoms. The van der Waals surface area contributed by atoms with Crippen LogP contribution in [0.2, 0.25) is 0 Å². The molecule has 0 spiro atoms. The number of benzene rings is 1. The molecular weight excluding hydrogens is 288 g/mol. The van der Waals surface area contributed by atoms with Crippen LogP contribution in [0.4, 0.5) is 0 Å². The summed E-state index contributed by atoms with van der Waals surface area (Å²) < 4.78 is 5.24. The van der Waals surface area contributed by atoms with Crippen molar-refractivity contribution in [3.05, 3.63) is 29.8 Å².